The van der Waals surface area contributed by atoms with Crippen LogP contribution >= 0.6 is 15.9 Å². The highest BCUT2D eigenvalue weighted by Gasteiger charge is 2.04. The van der Waals surface area contributed by atoms with Crippen LogP contribution in [0.1, 0.15) is 31.2 Å². The van der Waals surface area contributed by atoms with Crippen LogP contribution in [0.25, 0.3) is 0 Å². The Balaban J connectivity index is 2.02. The smallest absolute Gasteiger partial charge is 0.130 e. The van der Waals surface area contributed by atoms with Crippen molar-refractivity contribution in [3.8, 4) is 5.75 Å². The third kappa shape index (κ3) is 3.99. The van der Waals surface area contributed by atoms with Gasteiger partial charge >= 0.3 is 0 Å². The topological polar surface area (TPSA) is 35.0 Å². The molecule has 0 aliphatic carbocycles. The van der Waals surface area contributed by atoms with E-state index in [0.717, 1.165) is 11.4 Å². The van der Waals surface area contributed by atoms with Gasteiger partial charge in [0.25, 0.3) is 0 Å². The first-order valence-corrected chi connectivity index (χ1v) is 6.73. The lowest BCUT2D eigenvalue weighted by atomic mass is 10.2. The molecule has 0 aliphatic heterocycles. The first-order valence-electron chi connectivity index (χ1n) is 5.94. The molecule has 0 saturated heterocycles. The highest BCUT2D eigenvalue weighted by atomic mass is 79.9. The van der Waals surface area contributed by atoms with Gasteiger partial charge in [0, 0.05) is 34.4 Å². The number of rotatable bonds is 4. The zero-order chi connectivity index (χ0) is 13.8. The summed E-state index contributed by atoms with van der Waals surface area (Å²) < 4.78 is 19.3. The summed E-state index contributed by atoms with van der Waals surface area (Å²) in [6, 6.07) is 4.44. The minimum absolute atomic E-state index is 0.300. The van der Waals surface area contributed by atoms with Crippen LogP contribution in [0.3, 0.4) is 0 Å². The molecule has 19 heavy (non-hydrogen) atoms. The fraction of sp³-hybridized carbons (Fsp3) is 0.286. The molecular weight excluding hydrogens is 311 g/mol. The number of aromatic nitrogens is 2. The maximum atomic E-state index is 13.2. The van der Waals surface area contributed by atoms with Crippen LogP contribution in [0, 0.1) is 5.82 Å². The minimum atomic E-state index is -0.337. The molecule has 1 aromatic carbocycles. The molecule has 1 heterocycles. The molecule has 0 radical (unpaired) electrons. The molecule has 0 saturated carbocycles. The molecule has 100 valence electrons. The van der Waals surface area contributed by atoms with Crippen molar-refractivity contribution in [3.05, 3.63) is 52.3 Å². The van der Waals surface area contributed by atoms with E-state index in [1.807, 2.05) is 13.8 Å². The molecule has 2 rings (SSSR count). The lowest BCUT2D eigenvalue weighted by Crippen LogP contribution is -2.01. The van der Waals surface area contributed by atoms with E-state index in [1.165, 1.54) is 12.1 Å². The van der Waals surface area contributed by atoms with Gasteiger partial charge in [-0.15, -0.1) is 0 Å². The van der Waals surface area contributed by atoms with Crippen molar-refractivity contribution in [1.82, 2.24) is 9.97 Å². The van der Waals surface area contributed by atoms with E-state index in [1.54, 1.807) is 18.5 Å². The van der Waals surface area contributed by atoms with Gasteiger partial charge in [0.2, 0.25) is 0 Å². The molecule has 0 amide bonds. The molecule has 1 aromatic heterocycles. The quantitative estimate of drug-likeness (QED) is 0.849. The van der Waals surface area contributed by atoms with Gasteiger partial charge in [0.1, 0.15) is 24.0 Å². The second-order valence-corrected chi connectivity index (χ2v) is 5.41. The van der Waals surface area contributed by atoms with Gasteiger partial charge in [-0.25, -0.2) is 14.4 Å². The fourth-order valence-electron chi connectivity index (χ4n) is 1.52. The minimum Gasteiger partial charge on any atom is -0.489 e. The van der Waals surface area contributed by atoms with Gasteiger partial charge in [0.05, 0.1) is 0 Å². The SMILES string of the molecule is CC(C)c1ncc(COc2cc(F)cc(Br)c2)cn1. The Kier molecular flexibility index (Phi) is 4.47. The van der Waals surface area contributed by atoms with Crippen LogP contribution < -0.4 is 4.74 Å². The van der Waals surface area contributed by atoms with Crippen LogP contribution in [-0.4, -0.2) is 9.97 Å². The van der Waals surface area contributed by atoms with Crippen molar-refractivity contribution in [2.24, 2.45) is 0 Å². The zero-order valence-electron chi connectivity index (χ0n) is 10.7. The van der Waals surface area contributed by atoms with E-state index >= 15 is 0 Å². The normalized spacial score (nSPS) is 10.8. The lowest BCUT2D eigenvalue weighted by Gasteiger charge is -2.08. The maximum Gasteiger partial charge on any atom is 0.130 e. The van der Waals surface area contributed by atoms with E-state index in [9.17, 15) is 4.39 Å². The fourth-order valence-corrected chi connectivity index (χ4v) is 1.96. The third-order valence-electron chi connectivity index (χ3n) is 2.48. The first kappa shape index (κ1) is 13.9. The molecule has 2 aromatic rings. The Hall–Kier alpha value is -1.49. The van der Waals surface area contributed by atoms with Gasteiger partial charge in [-0.2, -0.15) is 0 Å². The Morgan fingerprint density at radius 1 is 1.21 bits per heavy atom. The summed E-state index contributed by atoms with van der Waals surface area (Å²) in [5, 5.41) is 0. The summed E-state index contributed by atoms with van der Waals surface area (Å²) in [7, 11) is 0. The van der Waals surface area contributed by atoms with Gasteiger partial charge in [-0.1, -0.05) is 29.8 Å². The van der Waals surface area contributed by atoms with Crippen LogP contribution in [0.2, 0.25) is 0 Å². The second-order valence-electron chi connectivity index (χ2n) is 4.50. The molecule has 0 unspecified atom stereocenters. The van der Waals surface area contributed by atoms with E-state index in [2.05, 4.69) is 25.9 Å². The molecule has 0 aliphatic rings. The van der Waals surface area contributed by atoms with Crippen LogP contribution in [0.15, 0.2) is 35.1 Å². The second kappa shape index (κ2) is 6.10. The van der Waals surface area contributed by atoms with Crippen molar-refractivity contribution in [2.75, 3.05) is 0 Å². The standard InChI is InChI=1S/C14H14BrFN2O/c1-9(2)14-17-6-10(7-18-14)8-19-13-4-11(15)3-12(16)5-13/h3-7,9H,8H2,1-2H3. The third-order valence-corrected chi connectivity index (χ3v) is 2.94. The lowest BCUT2D eigenvalue weighted by molar-refractivity contribution is 0.303. The first-order chi connectivity index (χ1) is 9.04. The summed E-state index contributed by atoms with van der Waals surface area (Å²) in [6.45, 7) is 4.39. The summed E-state index contributed by atoms with van der Waals surface area (Å²) >= 11 is 3.22. The number of hydrogen-bond donors (Lipinski definition) is 0. The van der Waals surface area contributed by atoms with Gasteiger partial charge in [-0.3, -0.25) is 0 Å². The van der Waals surface area contributed by atoms with E-state index in [0.29, 0.717) is 22.7 Å². The van der Waals surface area contributed by atoms with E-state index < -0.39 is 0 Å². The number of nitrogens with zero attached hydrogens (tertiary/aromatic N) is 2. The predicted octanol–water partition coefficient (Wildman–Crippen LogP) is 4.08. The van der Waals surface area contributed by atoms with E-state index in [4.69, 9.17) is 4.74 Å². The van der Waals surface area contributed by atoms with Crippen molar-refractivity contribution < 1.29 is 9.13 Å². The Bertz CT molecular complexity index is 538. The van der Waals surface area contributed by atoms with Crippen molar-refractivity contribution in [1.29, 1.82) is 0 Å². The van der Waals surface area contributed by atoms with Gasteiger partial charge in [0.15, 0.2) is 0 Å². The molecule has 0 bridgehead atoms. The van der Waals surface area contributed by atoms with Gasteiger partial charge in [-0.05, 0) is 12.1 Å². The maximum absolute atomic E-state index is 13.2. The molecular formula is C14H14BrFN2O. The predicted molar refractivity (Wildman–Crippen MR) is 74.6 cm³/mol. The number of halogens is 2. The summed E-state index contributed by atoms with van der Waals surface area (Å²) in [5.74, 6) is 1.24. The molecule has 0 fully saturated rings. The summed E-state index contributed by atoms with van der Waals surface area (Å²) in [5.41, 5.74) is 0.852. The monoisotopic (exact) mass is 324 g/mol. The summed E-state index contributed by atoms with van der Waals surface area (Å²) in [4.78, 5) is 8.50. The van der Waals surface area contributed by atoms with Crippen molar-refractivity contribution >= 4 is 15.9 Å². The largest absolute Gasteiger partial charge is 0.489 e. The van der Waals surface area contributed by atoms with Crippen LogP contribution in [0.5, 0.6) is 5.75 Å². The molecule has 3 nitrogen and oxygen atoms in total. The molecule has 0 N–H and O–H groups in total. The molecule has 0 atom stereocenters. The van der Waals surface area contributed by atoms with E-state index in [-0.39, 0.29) is 5.82 Å². The number of ether oxygens (including phenoxy) is 1. The van der Waals surface area contributed by atoms with Crippen molar-refractivity contribution in [3.63, 3.8) is 0 Å². The average Bonchev–Trinajstić information content (AvgIpc) is 2.36. The molecule has 5 heteroatoms. The van der Waals surface area contributed by atoms with Gasteiger partial charge < -0.3 is 4.74 Å². The van der Waals surface area contributed by atoms with Crippen LogP contribution in [0.4, 0.5) is 4.39 Å². The summed E-state index contributed by atoms with van der Waals surface area (Å²) in [6.07, 6.45) is 3.47. The molecule has 0 spiro atoms. The zero-order valence-corrected chi connectivity index (χ0v) is 12.3. The average molecular weight is 325 g/mol. The van der Waals surface area contributed by atoms with Crippen molar-refractivity contribution in [2.45, 2.75) is 26.4 Å². The Morgan fingerprint density at radius 3 is 2.47 bits per heavy atom. The Labute approximate surface area is 120 Å². The van der Waals surface area contributed by atoms with Crippen LogP contribution in [-0.2, 0) is 6.61 Å². The highest BCUT2D eigenvalue weighted by molar-refractivity contribution is 9.10. The Morgan fingerprint density at radius 2 is 1.89 bits per heavy atom. The number of benzene rings is 1. The highest BCUT2D eigenvalue weighted by Crippen LogP contribution is 2.21. The number of hydrogen-bond acceptors (Lipinski definition) is 3.